The van der Waals surface area contributed by atoms with Gasteiger partial charge in [-0.3, -0.25) is 14.5 Å². The van der Waals surface area contributed by atoms with Gasteiger partial charge in [0.15, 0.2) is 6.10 Å². The summed E-state index contributed by atoms with van der Waals surface area (Å²) in [5, 5.41) is 0. The number of fused-ring (bicyclic) bond motifs is 1. The highest BCUT2D eigenvalue weighted by molar-refractivity contribution is 6.03. The van der Waals surface area contributed by atoms with Crippen LogP contribution < -0.4 is 21.1 Å². The molecule has 1 aliphatic heterocycles. The Balaban J connectivity index is 2.45. The molecule has 1 aliphatic rings. The summed E-state index contributed by atoms with van der Waals surface area (Å²) in [5.74, 6) is -0.285. The van der Waals surface area contributed by atoms with Crippen molar-refractivity contribution in [1.82, 2.24) is 0 Å². The lowest BCUT2D eigenvalue weighted by Crippen LogP contribution is -2.48. The molecule has 6 nitrogen and oxygen atoms in total. The van der Waals surface area contributed by atoms with Crippen LogP contribution in [0.15, 0.2) is 18.2 Å². The molecule has 1 heterocycles. The molecule has 108 valence electrons. The minimum Gasteiger partial charge on any atom is -0.479 e. The number of carbonyl (C=O) groups is 2. The van der Waals surface area contributed by atoms with Crippen molar-refractivity contribution in [3.05, 3.63) is 23.8 Å². The summed E-state index contributed by atoms with van der Waals surface area (Å²) < 4.78 is 5.54. The number of benzene rings is 1. The number of amides is 2. The molecule has 0 radical (unpaired) electrons. The van der Waals surface area contributed by atoms with E-state index in [0.717, 1.165) is 12.0 Å². The zero-order valence-electron chi connectivity index (χ0n) is 11.6. The maximum atomic E-state index is 12.1. The summed E-state index contributed by atoms with van der Waals surface area (Å²) in [4.78, 5) is 24.7. The van der Waals surface area contributed by atoms with E-state index in [-0.39, 0.29) is 18.5 Å². The summed E-state index contributed by atoms with van der Waals surface area (Å²) in [6, 6.07) is 5.32. The molecule has 0 bridgehead atoms. The van der Waals surface area contributed by atoms with Crippen LogP contribution in [-0.2, 0) is 9.59 Å². The number of nitrogens with two attached hydrogens (primary N) is 2. The van der Waals surface area contributed by atoms with Gasteiger partial charge in [0.25, 0.3) is 5.91 Å². The second-order valence-electron chi connectivity index (χ2n) is 4.89. The van der Waals surface area contributed by atoms with Crippen LogP contribution in [0.5, 0.6) is 5.75 Å². The third-order valence-corrected chi connectivity index (χ3v) is 3.37. The standard InChI is InChI=1S/C14H19N3O3/c1-3-10(15)9-4-5-12-11(6-9)17(7-13(16)18)14(19)8(2)20-12/h4-6,8,10H,3,7,15H2,1-2H3,(H2,16,18). The quantitative estimate of drug-likeness (QED) is 0.846. The molecule has 2 amide bonds. The molecule has 4 N–H and O–H groups in total. The highest BCUT2D eigenvalue weighted by Gasteiger charge is 2.32. The van der Waals surface area contributed by atoms with Gasteiger partial charge in [-0.15, -0.1) is 0 Å². The largest absolute Gasteiger partial charge is 0.479 e. The van der Waals surface area contributed by atoms with Crippen molar-refractivity contribution in [1.29, 1.82) is 0 Å². The Bertz CT molecular complexity index is 544. The molecule has 20 heavy (non-hydrogen) atoms. The van der Waals surface area contributed by atoms with Gasteiger partial charge in [0.1, 0.15) is 12.3 Å². The molecule has 0 saturated heterocycles. The number of anilines is 1. The monoisotopic (exact) mass is 277 g/mol. The van der Waals surface area contributed by atoms with Gasteiger partial charge in [-0.25, -0.2) is 0 Å². The Hall–Kier alpha value is -2.08. The maximum Gasteiger partial charge on any atom is 0.268 e. The van der Waals surface area contributed by atoms with Gasteiger partial charge in [-0.2, -0.15) is 0 Å². The van der Waals surface area contributed by atoms with Crippen LogP contribution in [0.1, 0.15) is 31.9 Å². The number of rotatable bonds is 4. The normalized spacial score (nSPS) is 19.2. The first-order valence-corrected chi connectivity index (χ1v) is 6.60. The molecule has 0 fully saturated rings. The van der Waals surface area contributed by atoms with E-state index >= 15 is 0 Å². The zero-order valence-corrected chi connectivity index (χ0v) is 11.6. The Morgan fingerprint density at radius 1 is 1.50 bits per heavy atom. The number of hydrogen-bond donors (Lipinski definition) is 2. The van der Waals surface area contributed by atoms with Crippen molar-refractivity contribution in [3.8, 4) is 5.75 Å². The lowest BCUT2D eigenvalue weighted by Gasteiger charge is -2.32. The van der Waals surface area contributed by atoms with Crippen LogP contribution in [0.25, 0.3) is 0 Å². The second-order valence-corrected chi connectivity index (χ2v) is 4.89. The summed E-state index contributed by atoms with van der Waals surface area (Å²) in [6.07, 6.45) is 0.146. The van der Waals surface area contributed by atoms with E-state index in [1.807, 2.05) is 13.0 Å². The van der Waals surface area contributed by atoms with Crippen LogP contribution in [0, 0.1) is 0 Å². The molecule has 0 spiro atoms. The first-order valence-electron chi connectivity index (χ1n) is 6.60. The van der Waals surface area contributed by atoms with Gasteiger partial charge in [0, 0.05) is 6.04 Å². The average Bonchev–Trinajstić information content (AvgIpc) is 2.42. The Morgan fingerprint density at radius 3 is 2.80 bits per heavy atom. The van der Waals surface area contributed by atoms with Crippen molar-refractivity contribution in [2.45, 2.75) is 32.4 Å². The van der Waals surface area contributed by atoms with E-state index in [1.165, 1.54) is 4.90 Å². The Morgan fingerprint density at radius 2 is 2.20 bits per heavy atom. The summed E-state index contributed by atoms with van der Waals surface area (Å²) in [7, 11) is 0. The van der Waals surface area contributed by atoms with Gasteiger partial charge in [-0.05, 0) is 31.0 Å². The van der Waals surface area contributed by atoms with Gasteiger partial charge < -0.3 is 16.2 Å². The predicted octanol–water partition coefficient (Wildman–Crippen LogP) is 0.696. The van der Waals surface area contributed by atoms with Crippen LogP contribution in [0.2, 0.25) is 0 Å². The first-order chi connectivity index (χ1) is 9.43. The van der Waals surface area contributed by atoms with E-state index in [9.17, 15) is 9.59 Å². The smallest absolute Gasteiger partial charge is 0.268 e. The number of ether oxygens (including phenoxy) is 1. The van der Waals surface area contributed by atoms with Crippen molar-refractivity contribution in [2.75, 3.05) is 11.4 Å². The molecule has 0 aromatic heterocycles. The molecule has 2 rings (SSSR count). The number of carbonyl (C=O) groups excluding carboxylic acids is 2. The van der Waals surface area contributed by atoms with E-state index in [0.29, 0.717) is 11.4 Å². The lowest BCUT2D eigenvalue weighted by molar-refractivity contribution is -0.127. The van der Waals surface area contributed by atoms with Crippen LogP contribution in [0.3, 0.4) is 0 Å². The fraction of sp³-hybridized carbons (Fsp3) is 0.429. The highest BCUT2D eigenvalue weighted by atomic mass is 16.5. The minimum atomic E-state index is -0.632. The number of primary amides is 1. The molecular weight excluding hydrogens is 258 g/mol. The molecule has 2 unspecified atom stereocenters. The fourth-order valence-corrected chi connectivity index (χ4v) is 2.21. The van der Waals surface area contributed by atoms with Crippen molar-refractivity contribution < 1.29 is 14.3 Å². The van der Waals surface area contributed by atoms with Gasteiger partial charge in [0.05, 0.1) is 5.69 Å². The maximum absolute atomic E-state index is 12.1. The molecule has 6 heteroatoms. The summed E-state index contributed by atoms with van der Waals surface area (Å²) in [5.41, 5.74) is 12.7. The Kier molecular flexibility index (Phi) is 3.94. The number of hydrogen-bond acceptors (Lipinski definition) is 4. The molecule has 2 atom stereocenters. The Labute approximate surface area is 117 Å². The van der Waals surface area contributed by atoms with Gasteiger partial charge in [-0.1, -0.05) is 13.0 Å². The average molecular weight is 277 g/mol. The number of nitrogens with zero attached hydrogens (tertiary/aromatic N) is 1. The lowest BCUT2D eigenvalue weighted by atomic mass is 10.0. The molecule has 0 aliphatic carbocycles. The molecule has 0 saturated carbocycles. The summed E-state index contributed by atoms with van der Waals surface area (Å²) in [6.45, 7) is 3.46. The van der Waals surface area contributed by atoms with Crippen molar-refractivity contribution >= 4 is 17.5 Å². The third kappa shape index (κ3) is 2.60. The van der Waals surface area contributed by atoms with E-state index < -0.39 is 12.0 Å². The van der Waals surface area contributed by atoms with Gasteiger partial charge in [0.2, 0.25) is 5.91 Å². The predicted molar refractivity (Wildman–Crippen MR) is 75.3 cm³/mol. The first kappa shape index (κ1) is 14.3. The third-order valence-electron chi connectivity index (χ3n) is 3.37. The minimum absolute atomic E-state index is 0.120. The van der Waals surface area contributed by atoms with E-state index in [4.69, 9.17) is 16.2 Å². The topological polar surface area (TPSA) is 98.6 Å². The van der Waals surface area contributed by atoms with Crippen LogP contribution in [0.4, 0.5) is 5.69 Å². The molecular formula is C14H19N3O3. The van der Waals surface area contributed by atoms with Crippen LogP contribution >= 0.6 is 0 Å². The van der Waals surface area contributed by atoms with Crippen LogP contribution in [-0.4, -0.2) is 24.5 Å². The van der Waals surface area contributed by atoms with E-state index in [1.54, 1.807) is 19.1 Å². The highest BCUT2D eigenvalue weighted by Crippen LogP contribution is 2.36. The summed E-state index contributed by atoms with van der Waals surface area (Å²) >= 11 is 0. The second kappa shape index (κ2) is 5.50. The van der Waals surface area contributed by atoms with E-state index in [2.05, 4.69) is 0 Å². The molecule has 1 aromatic rings. The van der Waals surface area contributed by atoms with Crippen molar-refractivity contribution in [2.24, 2.45) is 11.5 Å². The van der Waals surface area contributed by atoms with Crippen molar-refractivity contribution in [3.63, 3.8) is 0 Å². The SMILES string of the molecule is CCC(N)c1ccc2c(c1)N(CC(N)=O)C(=O)C(C)O2. The zero-order chi connectivity index (χ0) is 14.9. The molecule has 1 aromatic carbocycles. The fourth-order valence-electron chi connectivity index (χ4n) is 2.21. The van der Waals surface area contributed by atoms with Gasteiger partial charge >= 0.3 is 0 Å².